The summed E-state index contributed by atoms with van der Waals surface area (Å²) >= 11 is 0. The standard InChI is InChI=1S/C13H21F3N8/c14-13(15,16)9-19-10-20-11(23-5-1-17-2-6-23)22-12(21-10)24-7-3-18-4-8-24/h17-18H,1-9H2,(H,19,20,21,22). The second kappa shape index (κ2) is 7.34. The number of piperazine rings is 2. The predicted molar refractivity (Wildman–Crippen MR) is 84.5 cm³/mol. The Morgan fingerprint density at radius 1 is 0.833 bits per heavy atom. The number of hydrogen-bond acceptors (Lipinski definition) is 8. The van der Waals surface area contributed by atoms with E-state index < -0.39 is 12.7 Å². The zero-order chi connectivity index (χ0) is 17.0. The second-order valence-corrected chi connectivity index (χ2v) is 5.70. The summed E-state index contributed by atoms with van der Waals surface area (Å²) in [7, 11) is 0. The molecule has 0 spiro atoms. The summed E-state index contributed by atoms with van der Waals surface area (Å²) in [6, 6.07) is 0. The van der Waals surface area contributed by atoms with Crippen molar-refractivity contribution in [3.63, 3.8) is 0 Å². The van der Waals surface area contributed by atoms with E-state index in [1.807, 2.05) is 9.80 Å². The van der Waals surface area contributed by atoms with Gasteiger partial charge in [-0.25, -0.2) is 0 Å². The van der Waals surface area contributed by atoms with Gasteiger partial charge in [0.2, 0.25) is 17.8 Å². The van der Waals surface area contributed by atoms with Crippen LogP contribution in [-0.2, 0) is 0 Å². The number of nitrogens with zero attached hydrogens (tertiary/aromatic N) is 5. The van der Waals surface area contributed by atoms with Gasteiger partial charge < -0.3 is 25.8 Å². The van der Waals surface area contributed by atoms with Crippen LogP contribution in [0.3, 0.4) is 0 Å². The van der Waals surface area contributed by atoms with Gasteiger partial charge in [-0.1, -0.05) is 0 Å². The Morgan fingerprint density at radius 2 is 1.29 bits per heavy atom. The first-order chi connectivity index (χ1) is 11.5. The van der Waals surface area contributed by atoms with Crippen molar-refractivity contribution >= 4 is 17.8 Å². The number of hydrogen-bond donors (Lipinski definition) is 3. The van der Waals surface area contributed by atoms with E-state index in [2.05, 4.69) is 30.9 Å². The molecule has 8 nitrogen and oxygen atoms in total. The van der Waals surface area contributed by atoms with Crippen LogP contribution in [0, 0.1) is 0 Å². The summed E-state index contributed by atoms with van der Waals surface area (Å²) in [5, 5.41) is 8.72. The third kappa shape index (κ3) is 4.57. The van der Waals surface area contributed by atoms with Gasteiger partial charge >= 0.3 is 6.18 Å². The van der Waals surface area contributed by atoms with Crippen LogP contribution >= 0.6 is 0 Å². The lowest BCUT2D eigenvalue weighted by Gasteiger charge is -2.30. The molecule has 1 aromatic heterocycles. The molecule has 0 atom stereocenters. The molecule has 3 heterocycles. The van der Waals surface area contributed by atoms with E-state index in [0.29, 0.717) is 38.1 Å². The predicted octanol–water partition coefficient (Wildman–Crippen LogP) is -0.335. The molecule has 0 aromatic carbocycles. The van der Waals surface area contributed by atoms with Gasteiger partial charge in [0, 0.05) is 52.4 Å². The van der Waals surface area contributed by atoms with Gasteiger partial charge in [0.1, 0.15) is 6.54 Å². The van der Waals surface area contributed by atoms with Gasteiger partial charge in [-0.3, -0.25) is 0 Å². The zero-order valence-electron chi connectivity index (χ0n) is 13.2. The molecule has 1 aromatic rings. The Kier molecular flexibility index (Phi) is 5.19. The molecule has 0 radical (unpaired) electrons. The van der Waals surface area contributed by atoms with E-state index in [9.17, 15) is 13.2 Å². The van der Waals surface area contributed by atoms with Crippen molar-refractivity contribution in [3.05, 3.63) is 0 Å². The van der Waals surface area contributed by atoms with Crippen molar-refractivity contribution in [3.8, 4) is 0 Å². The molecule has 0 aliphatic carbocycles. The van der Waals surface area contributed by atoms with Crippen LogP contribution in [0.15, 0.2) is 0 Å². The first-order valence-electron chi connectivity index (χ1n) is 7.99. The van der Waals surface area contributed by atoms with E-state index in [4.69, 9.17) is 0 Å². The number of halogens is 3. The molecule has 134 valence electrons. The zero-order valence-corrected chi connectivity index (χ0v) is 13.2. The Bertz CT molecular complexity index is 504. The van der Waals surface area contributed by atoms with Crippen LogP contribution < -0.4 is 25.8 Å². The highest BCUT2D eigenvalue weighted by Gasteiger charge is 2.28. The van der Waals surface area contributed by atoms with E-state index in [0.717, 1.165) is 26.2 Å². The Labute approximate surface area is 137 Å². The molecule has 2 aliphatic rings. The summed E-state index contributed by atoms with van der Waals surface area (Å²) in [5.74, 6) is 0.804. The average Bonchev–Trinajstić information content (AvgIpc) is 2.61. The first-order valence-corrected chi connectivity index (χ1v) is 7.99. The highest BCUT2D eigenvalue weighted by Crippen LogP contribution is 2.19. The number of aromatic nitrogens is 3. The molecule has 2 aliphatic heterocycles. The number of alkyl halides is 3. The smallest absolute Gasteiger partial charge is 0.345 e. The minimum Gasteiger partial charge on any atom is -0.345 e. The fourth-order valence-corrected chi connectivity index (χ4v) is 2.62. The average molecular weight is 346 g/mol. The van der Waals surface area contributed by atoms with Crippen LogP contribution in [0.2, 0.25) is 0 Å². The summed E-state index contributed by atoms with van der Waals surface area (Å²) in [5.41, 5.74) is 0. The van der Waals surface area contributed by atoms with Crippen molar-refractivity contribution in [1.82, 2.24) is 25.6 Å². The molecule has 3 N–H and O–H groups in total. The van der Waals surface area contributed by atoms with Crippen LogP contribution in [0.5, 0.6) is 0 Å². The third-order valence-corrected chi connectivity index (χ3v) is 3.86. The lowest BCUT2D eigenvalue weighted by atomic mass is 10.4. The molecule has 0 amide bonds. The molecular formula is C13H21F3N8. The maximum absolute atomic E-state index is 12.5. The van der Waals surface area contributed by atoms with E-state index in [1.165, 1.54) is 0 Å². The second-order valence-electron chi connectivity index (χ2n) is 5.70. The normalized spacial score (nSPS) is 19.5. The Hall–Kier alpha value is -1.88. The van der Waals surface area contributed by atoms with Crippen molar-refractivity contribution in [2.24, 2.45) is 0 Å². The van der Waals surface area contributed by atoms with Gasteiger partial charge in [-0.05, 0) is 0 Å². The quantitative estimate of drug-likeness (QED) is 0.684. The van der Waals surface area contributed by atoms with Gasteiger partial charge in [-0.2, -0.15) is 28.1 Å². The van der Waals surface area contributed by atoms with Crippen molar-refractivity contribution in [2.45, 2.75) is 6.18 Å². The number of anilines is 3. The van der Waals surface area contributed by atoms with E-state index in [-0.39, 0.29) is 5.95 Å². The van der Waals surface area contributed by atoms with Crippen molar-refractivity contribution in [2.75, 3.05) is 74.0 Å². The monoisotopic (exact) mass is 346 g/mol. The molecular weight excluding hydrogens is 325 g/mol. The third-order valence-electron chi connectivity index (χ3n) is 3.86. The molecule has 3 rings (SSSR count). The van der Waals surface area contributed by atoms with Crippen molar-refractivity contribution in [1.29, 1.82) is 0 Å². The molecule has 0 unspecified atom stereocenters. The minimum atomic E-state index is -4.32. The van der Waals surface area contributed by atoms with Crippen LogP contribution in [0.1, 0.15) is 0 Å². The Morgan fingerprint density at radius 3 is 1.71 bits per heavy atom. The highest BCUT2D eigenvalue weighted by molar-refractivity contribution is 5.46. The first kappa shape index (κ1) is 17.0. The largest absolute Gasteiger partial charge is 0.405 e. The Balaban J connectivity index is 1.83. The van der Waals surface area contributed by atoms with E-state index >= 15 is 0 Å². The number of nitrogens with one attached hydrogen (secondary N) is 3. The van der Waals surface area contributed by atoms with Crippen molar-refractivity contribution < 1.29 is 13.2 Å². The van der Waals surface area contributed by atoms with Crippen LogP contribution in [0.25, 0.3) is 0 Å². The van der Waals surface area contributed by atoms with Gasteiger partial charge in [0.15, 0.2) is 0 Å². The van der Waals surface area contributed by atoms with Gasteiger partial charge in [0.25, 0.3) is 0 Å². The van der Waals surface area contributed by atoms with Gasteiger partial charge in [0.05, 0.1) is 0 Å². The van der Waals surface area contributed by atoms with Crippen LogP contribution in [0.4, 0.5) is 31.0 Å². The van der Waals surface area contributed by atoms with Gasteiger partial charge in [-0.15, -0.1) is 0 Å². The summed E-state index contributed by atoms with van der Waals surface area (Å²) < 4.78 is 37.4. The lowest BCUT2D eigenvalue weighted by Crippen LogP contribution is -2.46. The lowest BCUT2D eigenvalue weighted by molar-refractivity contribution is -0.115. The molecule has 0 bridgehead atoms. The summed E-state index contributed by atoms with van der Waals surface area (Å²) in [6.07, 6.45) is -4.32. The summed E-state index contributed by atoms with van der Waals surface area (Å²) in [6.45, 7) is 4.85. The topological polar surface area (TPSA) is 81.2 Å². The fourth-order valence-electron chi connectivity index (χ4n) is 2.62. The number of rotatable bonds is 4. The minimum absolute atomic E-state index is 0.0376. The maximum atomic E-state index is 12.5. The SMILES string of the molecule is FC(F)(F)CNc1nc(N2CCNCC2)nc(N2CCNCC2)n1. The fraction of sp³-hybridized carbons (Fsp3) is 0.769. The molecule has 11 heteroatoms. The molecule has 2 saturated heterocycles. The molecule has 24 heavy (non-hydrogen) atoms. The summed E-state index contributed by atoms with van der Waals surface area (Å²) in [4.78, 5) is 16.8. The maximum Gasteiger partial charge on any atom is 0.405 e. The molecule has 0 saturated carbocycles. The van der Waals surface area contributed by atoms with Crippen LogP contribution in [-0.4, -0.2) is 80.0 Å². The van der Waals surface area contributed by atoms with E-state index in [1.54, 1.807) is 0 Å². The highest BCUT2D eigenvalue weighted by atomic mass is 19.4. The molecule has 2 fully saturated rings.